The molecule has 0 fully saturated rings. The molecule has 0 bridgehead atoms. The van der Waals surface area contributed by atoms with Gasteiger partial charge < -0.3 is 23.6 Å². The molecule has 2 heterocycles. The van der Waals surface area contributed by atoms with Crippen molar-refractivity contribution < 1.29 is 23.1 Å². The van der Waals surface area contributed by atoms with Crippen LogP contribution >= 0.6 is 0 Å². The summed E-state index contributed by atoms with van der Waals surface area (Å²) in [6.07, 6.45) is 1.68. The maximum absolute atomic E-state index is 12.4. The molecular weight excluding hydrogens is 396 g/mol. The predicted octanol–water partition coefficient (Wildman–Crippen LogP) is 4.90. The van der Waals surface area contributed by atoms with E-state index in [4.69, 9.17) is 18.3 Å². The lowest BCUT2D eigenvalue weighted by Gasteiger charge is -2.10. The molecular formula is C24H22N2O5. The number of aromatic nitrogens is 1. The molecule has 0 aliphatic rings. The molecule has 2 aromatic carbocycles. The number of rotatable bonds is 8. The van der Waals surface area contributed by atoms with Crippen molar-refractivity contribution in [2.45, 2.75) is 19.9 Å². The fourth-order valence-electron chi connectivity index (χ4n) is 3.02. The summed E-state index contributed by atoms with van der Waals surface area (Å²) in [5, 5.41) is 2.90. The first-order chi connectivity index (χ1) is 15.1. The van der Waals surface area contributed by atoms with Crippen molar-refractivity contribution in [3.8, 4) is 28.9 Å². The summed E-state index contributed by atoms with van der Waals surface area (Å²) in [5.74, 6) is 3.35. The van der Waals surface area contributed by atoms with Gasteiger partial charge in [0.1, 0.15) is 11.5 Å². The van der Waals surface area contributed by atoms with E-state index in [1.807, 2.05) is 48.5 Å². The van der Waals surface area contributed by atoms with Gasteiger partial charge >= 0.3 is 0 Å². The first-order valence-electron chi connectivity index (χ1n) is 9.79. The Labute approximate surface area is 179 Å². The first-order valence-corrected chi connectivity index (χ1v) is 9.79. The number of oxazole rings is 1. The van der Waals surface area contributed by atoms with Crippen LogP contribution in [-0.4, -0.2) is 18.0 Å². The zero-order valence-corrected chi connectivity index (χ0v) is 17.3. The topological polar surface area (TPSA) is 86.7 Å². The van der Waals surface area contributed by atoms with Crippen LogP contribution in [0.3, 0.4) is 0 Å². The van der Waals surface area contributed by atoms with Crippen molar-refractivity contribution in [2.75, 3.05) is 7.11 Å². The molecule has 0 saturated carbocycles. The first kappa shape index (κ1) is 20.3. The molecule has 0 unspecified atom stereocenters. The Morgan fingerprint density at radius 2 is 1.81 bits per heavy atom. The zero-order valence-electron chi connectivity index (χ0n) is 17.3. The van der Waals surface area contributed by atoms with E-state index >= 15 is 0 Å². The molecule has 0 atom stereocenters. The minimum Gasteiger partial charge on any atom is -0.493 e. The summed E-state index contributed by atoms with van der Waals surface area (Å²) >= 11 is 0. The van der Waals surface area contributed by atoms with Gasteiger partial charge in [0, 0.05) is 6.54 Å². The van der Waals surface area contributed by atoms with Gasteiger partial charge in [0.25, 0.3) is 5.89 Å². The number of hydrogen-bond donors (Lipinski definition) is 1. The molecule has 2 aromatic heterocycles. The maximum atomic E-state index is 12.4. The van der Waals surface area contributed by atoms with Crippen molar-refractivity contribution in [3.63, 3.8) is 0 Å². The molecule has 0 aliphatic carbocycles. The van der Waals surface area contributed by atoms with Gasteiger partial charge in [-0.1, -0.05) is 24.3 Å². The highest BCUT2D eigenvalue weighted by atomic mass is 16.5. The molecule has 158 valence electrons. The van der Waals surface area contributed by atoms with E-state index in [0.717, 1.165) is 5.56 Å². The lowest BCUT2D eigenvalue weighted by atomic mass is 10.2. The largest absolute Gasteiger partial charge is 0.493 e. The number of nitrogens with zero attached hydrogens (tertiary/aromatic N) is 1. The van der Waals surface area contributed by atoms with Gasteiger partial charge in [-0.25, -0.2) is 4.98 Å². The fraction of sp³-hybridized carbons (Fsp3) is 0.167. The maximum Gasteiger partial charge on any atom is 0.263 e. The van der Waals surface area contributed by atoms with Gasteiger partial charge in [-0.05, 0) is 48.9 Å². The molecule has 7 heteroatoms. The SMILES string of the molecule is COc1ccccc1Oc1ccc(CNC(=O)Cc2nc(-c3ccco3)oc2C)cc1. The third-order valence-electron chi connectivity index (χ3n) is 4.66. The zero-order chi connectivity index (χ0) is 21.6. The minimum atomic E-state index is -0.142. The van der Waals surface area contributed by atoms with Gasteiger partial charge in [0.2, 0.25) is 5.91 Å². The lowest BCUT2D eigenvalue weighted by Crippen LogP contribution is -2.24. The molecule has 4 rings (SSSR count). The highest BCUT2D eigenvalue weighted by molar-refractivity contribution is 5.78. The standard InChI is InChI=1S/C24H22N2O5/c1-16-19(26-24(30-16)22-8-5-13-29-22)14-23(27)25-15-17-9-11-18(12-10-17)31-21-7-4-3-6-20(21)28-2/h3-13H,14-15H2,1-2H3,(H,25,27). The smallest absolute Gasteiger partial charge is 0.263 e. The van der Waals surface area contributed by atoms with Crippen LogP contribution in [0, 0.1) is 6.92 Å². The number of amides is 1. The molecule has 1 amide bonds. The summed E-state index contributed by atoms with van der Waals surface area (Å²) in [4.78, 5) is 16.7. The number of carbonyl (C=O) groups excluding carboxylic acids is 1. The predicted molar refractivity (Wildman–Crippen MR) is 114 cm³/mol. The Bertz CT molecular complexity index is 1150. The van der Waals surface area contributed by atoms with Crippen LogP contribution < -0.4 is 14.8 Å². The Balaban J connectivity index is 1.32. The summed E-state index contributed by atoms with van der Waals surface area (Å²) < 4.78 is 22.0. The van der Waals surface area contributed by atoms with Crippen molar-refractivity contribution in [1.82, 2.24) is 10.3 Å². The van der Waals surface area contributed by atoms with E-state index in [0.29, 0.717) is 46.9 Å². The number of para-hydroxylation sites is 2. The number of furan rings is 1. The molecule has 0 spiro atoms. The monoisotopic (exact) mass is 418 g/mol. The highest BCUT2D eigenvalue weighted by Crippen LogP contribution is 2.30. The lowest BCUT2D eigenvalue weighted by molar-refractivity contribution is -0.120. The third kappa shape index (κ3) is 4.95. The Kier molecular flexibility index (Phi) is 6.03. The van der Waals surface area contributed by atoms with Crippen molar-refractivity contribution >= 4 is 5.91 Å². The van der Waals surface area contributed by atoms with Crippen LogP contribution in [0.25, 0.3) is 11.7 Å². The van der Waals surface area contributed by atoms with E-state index in [2.05, 4.69) is 10.3 Å². The number of benzene rings is 2. The van der Waals surface area contributed by atoms with Crippen molar-refractivity contribution in [1.29, 1.82) is 0 Å². The molecule has 31 heavy (non-hydrogen) atoms. The van der Waals surface area contributed by atoms with Crippen LogP contribution in [0.1, 0.15) is 17.0 Å². The van der Waals surface area contributed by atoms with Gasteiger partial charge in [0.15, 0.2) is 17.3 Å². The summed E-state index contributed by atoms with van der Waals surface area (Å²) in [6, 6.07) is 18.5. The number of methoxy groups -OCH3 is 1. The second-order valence-electron chi connectivity index (χ2n) is 6.85. The van der Waals surface area contributed by atoms with Crippen LogP contribution in [0.5, 0.6) is 17.2 Å². The van der Waals surface area contributed by atoms with Gasteiger partial charge in [-0.2, -0.15) is 0 Å². The van der Waals surface area contributed by atoms with Gasteiger partial charge in [-0.3, -0.25) is 4.79 Å². The van der Waals surface area contributed by atoms with Crippen LogP contribution in [-0.2, 0) is 17.8 Å². The summed E-state index contributed by atoms with van der Waals surface area (Å²) in [7, 11) is 1.60. The van der Waals surface area contributed by atoms with E-state index in [1.165, 1.54) is 0 Å². The number of nitrogens with one attached hydrogen (secondary N) is 1. The normalized spacial score (nSPS) is 10.6. The molecule has 1 N–H and O–H groups in total. The summed E-state index contributed by atoms with van der Waals surface area (Å²) in [6.45, 7) is 2.18. The fourth-order valence-corrected chi connectivity index (χ4v) is 3.02. The molecule has 0 saturated heterocycles. The van der Waals surface area contributed by atoms with E-state index < -0.39 is 0 Å². The highest BCUT2D eigenvalue weighted by Gasteiger charge is 2.16. The molecule has 0 aliphatic heterocycles. The quantitative estimate of drug-likeness (QED) is 0.438. The molecule has 0 radical (unpaired) electrons. The van der Waals surface area contributed by atoms with Gasteiger partial charge in [0.05, 0.1) is 25.5 Å². The van der Waals surface area contributed by atoms with Crippen LogP contribution in [0.4, 0.5) is 0 Å². The van der Waals surface area contributed by atoms with Crippen molar-refractivity contribution in [2.24, 2.45) is 0 Å². The minimum absolute atomic E-state index is 0.130. The molecule has 7 nitrogen and oxygen atoms in total. The van der Waals surface area contributed by atoms with Crippen molar-refractivity contribution in [3.05, 3.63) is 83.9 Å². The summed E-state index contributed by atoms with van der Waals surface area (Å²) in [5.41, 5.74) is 1.54. The molecule has 4 aromatic rings. The van der Waals surface area contributed by atoms with Crippen LogP contribution in [0.15, 0.2) is 75.8 Å². The van der Waals surface area contributed by atoms with E-state index in [9.17, 15) is 4.79 Å². The number of aryl methyl sites for hydroxylation is 1. The second kappa shape index (κ2) is 9.21. The Hall–Kier alpha value is -4.00. The average Bonchev–Trinajstić information content (AvgIpc) is 3.44. The van der Waals surface area contributed by atoms with Gasteiger partial charge in [-0.15, -0.1) is 0 Å². The number of ether oxygens (including phenoxy) is 2. The Morgan fingerprint density at radius 3 is 2.52 bits per heavy atom. The van der Waals surface area contributed by atoms with E-state index in [1.54, 1.807) is 32.4 Å². The third-order valence-corrected chi connectivity index (χ3v) is 4.66. The Morgan fingerprint density at radius 1 is 1.03 bits per heavy atom. The van der Waals surface area contributed by atoms with E-state index in [-0.39, 0.29) is 12.3 Å². The average molecular weight is 418 g/mol. The number of hydrogen-bond acceptors (Lipinski definition) is 6. The second-order valence-corrected chi connectivity index (χ2v) is 6.85. The van der Waals surface area contributed by atoms with Crippen LogP contribution in [0.2, 0.25) is 0 Å². The number of carbonyl (C=O) groups is 1.